The number of aromatic nitrogens is 2. The number of hydrogen-bond acceptors (Lipinski definition) is 5. The standard InChI is InChI=1S/C20H19N3O3S/c1-3-15(19(24)21-11-13-7-6-10-26-13)23-20(25)17-14-8-4-5-9-16(14)27-18(17)12(2)22-23/h4-10,15H,3,11H2,1-2H3,(H,21,24). The third-order valence-corrected chi connectivity index (χ3v) is 5.88. The number of carbonyl (C=O) groups is 1. The van der Waals surface area contributed by atoms with E-state index in [1.807, 2.05) is 38.1 Å². The molecule has 138 valence electrons. The van der Waals surface area contributed by atoms with Crippen molar-refractivity contribution in [2.75, 3.05) is 0 Å². The van der Waals surface area contributed by atoms with Gasteiger partial charge in [-0.25, -0.2) is 4.68 Å². The molecule has 0 radical (unpaired) electrons. The van der Waals surface area contributed by atoms with Crippen LogP contribution in [0.5, 0.6) is 0 Å². The van der Waals surface area contributed by atoms with Gasteiger partial charge in [-0.1, -0.05) is 25.1 Å². The van der Waals surface area contributed by atoms with Gasteiger partial charge in [0.15, 0.2) is 0 Å². The zero-order chi connectivity index (χ0) is 19.0. The molecule has 1 aromatic carbocycles. The smallest absolute Gasteiger partial charge is 0.276 e. The molecule has 7 heteroatoms. The number of aryl methyl sites for hydroxylation is 1. The number of fused-ring (bicyclic) bond motifs is 3. The van der Waals surface area contributed by atoms with Crippen LogP contribution in [-0.2, 0) is 11.3 Å². The number of furan rings is 1. The first-order valence-electron chi connectivity index (χ1n) is 8.81. The van der Waals surface area contributed by atoms with Gasteiger partial charge in [0.25, 0.3) is 5.56 Å². The first-order chi connectivity index (χ1) is 13.1. The Bertz CT molecular complexity index is 1170. The Morgan fingerprint density at radius 1 is 1.30 bits per heavy atom. The van der Waals surface area contributed by atoms with Crippen LogP contribution in [0.4, 0.5) is 0 Å². The summed E-state index contributed by atoms with van der Waals surface area (Å²) >= 11 is 1.56. The van der Waals surface area contributed by atoms with Gasteiger partial charge >= 0.3 is 0 Å². The predicted octanol–water partition coefficient (Wildman–Crippen LogP) is 3.78. The van der Waals surface area contributed by atoms with Crippen LogP contribution in [0, 0.1) is 6.92 Å². The van der Waals surface area contributed by atoms with Crippen LogP contribution in [0.1, 0.15) is 30.8 Å². The van der Waals surface area contributed by atoms with Crippen LogP contribution in [0.3, 0.4) is 0 Å². The number of benzene rings is 1. The third kappa shape index (κ3) is 3.04. The fourth-order valence-electron chi connectivity index (χ4n) is 3.27. The Labute approximate surface area is 159 Å². The third-order valence-electron chi connectivity index (χ3n) is 4.61. The van der Waals surface area contributed by atoms with Crippen LogP contribution < -0.4 is 10.9 Å². The molecule has 0 aliphatic rings. The van der Waals surface area contributed by atoms with Crippen molar-refractivity contribution < 1.29 is 9.21 Å². The van der Waals surface area contributed by atoms with Gasteiger partial charge in [-0.15, -0.1) is 11.3 Å². The van der Waals surface area contributed by atoms with E-state index in [4.69, 9.17) is 4.42 Å². The van der Waals surface area contributed by atoms with Crippen molar-refractivity contribution in [3.63, 3.8) is 0 Å². The van der Waals surface area contributed by atoms with Crippen molar-refractivity contribution in [3.05, 3.63) is 64.5 Å². The predicted molar refractivity (Wildman–Crippen MR) is 106 cm³/mol. The Balaban J connectivity index is 1.77. The lowest BCUT2D eigenvalue weighted by Crippen LogP contribution is -2.38. The Morgan fingerprint density at radius 3 is 2.85 bits per heavy atom. The van der Waals surface area contributed by atoms with E-state index in [1.54, 1.807) is 29.7 Å². The quantitative estimate of drug-likeness (QED) is 0.571. The van der Waals surface area contributed by atoms with Gasteiger partial charge in [0.1, 0.15) is 11.8 Å². The molecule has 4 rings (SSSR count). The molecule has 0 saturated carbocycles. The zero-order valence-electron chi connectivity index (χ0n) is 15.1. The molecule has 1 amide bonds. The minimum absolute atomic E-state index is 0.229. The maximum absolute atomic E-state index is 13.2. The highest BCUT2D eigenvalue weighted by atomic mass is 32.1. The number of carbonyl (C=O) groups excluding carboxylic acids is 1. The first kappa shape index (κ1) is 17.5. The van der Waals surface area contributed by atoms with E-state index in [2.05, 4.69) is 10.4 Å². The summed E-state index contributed by atoms with van der Waals surface area (Å²) in [5.41, 5.74) is 0.524. The van der Waals surface area contributed by atoms with E-state index in [1.165, 1.54) is 4.68 Å². The minimum atomic E-state index is -0.672. The number of rotatable bonds is 5. The second-order valence-corrected chi connectivity index (χ2v) is 7.41. The molecule has 0 spiro atoms. The van der Waals surface area contributed by atoms with Crippen molar-refractivity contribution in [3.8, 4) is 0 Å². The van der Waals surface area contributed by atoms with Crippen LogP contribution in [0.25, 0.3) is 20.2 Å². The Kier molecular flexibility index (Phi) is 4.53. The number of hydrogen-bond donors (Lipinski definition) is 1. The van der Waals surface area contributed by atoms with E-state index >= 15 is 0 Å². The van der Waals surface area contributed by atoms with Gasteiger partial charge in [-0.3, -0.25) is 9.59 Å². The lowest BCUT2D eigenvalue weighted by Gasteiger charge is -2.17. The van der Waals surface area contributed by atoms with Gasteiger partial charge in [-0.05, 0) is 31.5 Å². The van der Waals surface area contributed by atoms with Crippen LogP contribution in [0.15, 0.2) is 51.9 Å². The maximum atomic E-state index is 13.2. The normalized spacial score (nSPS) is 12.5. The largest absolute Gasteiger partial charge is 0.467 e. The summed E-state index contributed by atoms with van der Waals surface area (Å²) in [4.78, 5) is 25.9. The Morgan fingerprint density at radius 2 is 2.11 bits per heavy atom. The average Bonchev–Trinajstić information content (AvgIpc) is 3.32. The second kappa shape index (κ2) is 7.00. The maximum Gasteiger partial charge on any atom is 0.276 e. The summed E-state index contributed by atoms with van der Waals surface area (Å²) in [6.07, 6.45) is 2.02. The highest BCUT2D eigenvalue weighted by molar-refractivity contribution is 7.26. The first-order valence-corrected chi connectivity index (χ1v) is 9.62. The van der Waals surface area contributed by atoms with Gasteiger partial charge in [0, 0.05) is 10.1 Å². The Hall–Kier alpha value is -2.93. The van der Waals surface area contributed by atoms with E-state index in [9.17, 15) is 9.59 Å². The average molecular weight is 381 g/mol. The second-order valence-electron chi connectivity index (χ2n) is 6.36. The van der Waals surface area contributed by atoms with E-state index < -0.39 is 6.04 Å². The number of amides is 1. The fraction of sp³-hybridized carbons (Fsp3) is 0.250. The van der Waals surface area contributed by atoms with E-state index in [-0.39, 0.29) is 18.0 Å². The van der Waals surface area contributed by atoms with Gasteiger partial charge < -0.3 is 9.73 Å². The molecule has 4 aromatic rings. The molecule has 1 unspecified atom stereocenters. The number of nitrogens with zero attached hydrogens (tertiary/aromatic N) is 2. The summed E-state index contributed by atoms with van der Waals surface area (Å²) in [5.74, 6) is 0.413. The SMILES string of the molecule is CCC(C(=O)NCc1ccco1)n1nc(C)c2sc3ccccc3c2c1=O. The minimum Gasteiger partial charge on any atom is -0.467 e. The van der Waals surface area contributed by atoms with Gasteiger partial charge in [-0.2, -0.15) is 5.10 Å². The molecule has 0 fully saturated rings. The highest BCUT2D eigenvalue weighted by Crippen LogP contribution is 2.33. The molecule has 0 aliphatic carbocycles. The molecule has 6 nitrogen and oxygen atoms in total. The zero-order valence-corrected chi connectivity index (χ0v) is 15.9. The summed E-state index contributed by atoms with van der Waals surface area (Å²) in [6, 6.07) is 10.7. The van der Waals surface area contributed by atoms with Crippen molar-refractivity contribution in [1.82, 2.24) is 15.1 Å². The molecule has 3 heterocycles. The van der Waals surface area contributed by atoms with Crippen molar-refractivity contribution in [2.24, 2.45) is 0 Å². The lowest BCUT2D eigenvalue weighted by atomic mass is 10.1. The molecule has 0 aliphatic heterocycles. The molecular formula is C20H19N3O3S. The van der Waals surface area contributed by atoms with Crippen LogP contribution in [0.2, 0.25) is 0 Å². The van der Waals surface area contributed by atoms with Crippen molar-refractivity contribution in [2.45, 2.75) is 32.9 Å². The molecule has 3 aromatic heterocycles. The highest BCUT2D eigenvalue weighted by Gasteiger charge is 2.24. The van der Waals surface area contributed by atoms with E-state index in [0.717, 1.165) is 20.5 Å². The van der Waals surface area contributed by atoms with Crippen LogP contribution in [-0.4, -0.2) is 15.7 Å². The lowest BCUT2D eigenvalue weighted by molar-refractivity contribution is -0.125. The molecule has 1 atom stereocenters. The summed E-state index contributed by atoms with van der Waals surface area (Å²) in [5, 5.41) is 8.84. The molecule has 27 heavy (non-hydrogen) atoms. The van der Waals surface area contributed by atoms with E-state index in [0.29, 0.717) is 17.6 Å². The summed E-state index contributed by atoms with van der Waals surface area (Å²) in [7, 11) is 0. The van der Waals surface area contributed by atoms with Gasteiger partial charge in [0.2, 0.25) is 5.91 Å². The number of thiophene rings is 1. The van der Waals surface area contributed by atoms with Crippen molar-refractivity contribution in [1.29, 1.82) is 0 Å². The molecule has 0 bridgehead atoms. The van der Waals surface area contributed by atoms with Crippen molar-refractivity contribution >= 4 is 37.4 Å². The fourth-order valence-corrected chi connectivity index (χ4v) is 4.40. The van der Waals surface area contributed by atoms with Crippen LogP contribution >= 0.6 is 11.3 Å². The molecule has 0 saturated heterocycles. The monoisotopic (exact) mass is 381 g/mol. The topological polar surface area (TPSA) is 77.1 Å². The summed E-state index contributed by atoms with van der Waals surface area (Å²) in [6.45, 7) is 4.03. The number of nitrogens with one attached hydrogen (secondary N) is 1. The molecular weight excluding hydrogens is 362 g/mol. The van der Waals surface area contributed by atoms with Gasteiger partial charge in [0.05, 0.1) is 28.6 Å². The molecule has 1 N–H and O–H groups in total. The summed E-state index contributed by atoms with van der Waals surface area (Å²) < 4.78 is 8.49.